The topological polar surface area (TPSA) is 41.7 Å². The second kappa shape index (κ2) is 6.30. The van der Waals surface area contributed by atoms with Crippen LogP contribution in [0.4, 0.5) is 0 Å². The van der Waals surface area contributed by atoms with Gasteiger partial charge in [-0.3, -0.25) is 4.90 Å². The summed E-state index contributed by atoms with van der Waals surface area (Å²) in [6.07, 6.45) is 4.65. The minimum atomic E-state index is -0.0456. The van der Waals surface area contributed by atoms with Crippen molar-refractivity contribution in [2.24, 2.45) is 5.73 Å². The molecule has 0 aliphatic carbocycles. The number of likely N-dealkylation sites (N-methyl/N-ethyl adjacent to an activating group) is 1. The maximum absolute atomic E-state index is 6.21. The third kappa shape index (κ3) is 3.35. The number of piperidine rings is 1. The zero-order chi connectivity index (χ0) is 14.8. The first-order chi connectivity index (χ1) is 9.42. The van der Waals surface area contributed by atoms with Crippen molar-refractivity contribution in [1.82, 2.24) is 9.80 Å². The molecule has 1 unspecified atom stereocenters. The molecule has 0 spiro atoms. The van der Waals surface area contributed by atoms with Crippen molar-refractivity contribution in [3.05, 3.63) is 0 Å². The summed E-state index contributed by atoms with van der Waals surface area (Å²) in [4.78, 5) is 5.15. The molecule has 2 rings (SSSR count). The predicted octanol–water partition coefficient (Wildman–Crippen LogP) is 1.69. The number of likely N-dealkylation sites (tertiary alicyclic amines) is 1. The van der Waals surface area contributed by atoms with Crippen LogP contribution in [0.15, 0.2) is 0 Å². The first-order valence-corrected chi connectivity index (χ1v) is 8.22. The van der Waals surface area contributed by atoms with Crippen molar-refractivity contribution in [2.45, 2.75) is 63.6 Å². The maximum Gasteiger partial charge on any atom is 0.0644 e. The normalized spacial score (nSPS) is 32.7. The molecule has 2 fully saturated rings. The lowest BCUT2D eigenvalue weighted by atomic mass is 9.78. The second-order valence-electron chi connectivity index (χ2n) is 7.24. The van der Waals surface area contributed by atoms with Gasteiger partial charge < -0.3 is 15.4 Å². The number of rotatable bonds is 4. The molecule has 2 saturated heterocycles. The highest BCUT2D eigenvalue weighted by molar-refractivity contribution is 5.01. The van der Waals surface area contributed by atoms with Crippen molar-refractivity contribution >= 4 is 0 Å². The van der Waals surface area contributed by atoms with Crippen molar-refractivity contribution in [2.75, 3.05) is 39.8 Å². The number of ether oxygens (including phenoxy) is 1. The molecule has 0 aromatic carbocycles. The molecular weight excluding hydrogens is 250 g/mol. The van der Waals surface area contributed by atoms with Gasteiger partial charge in [0.15, 0.2) is 0 Å². The van der Waals surface area contributed by atoms with Crippen LogP contribution in [0.2, 0.25) is 0 Å². The Morgan fingerprint density at radius 2 is 1.95 bits per heavy atom. The van der Waals surface area contributed by atoms with Crippen LogP contribution in [0.25, 0.3) is 0 Å². The Hall–Kier alpha value is -0.160. The van der Waals surface area contributed by atoms with Crippen LogP contribution in [-0.4, -0.2) is 66.8 Å². The van der Waals surface area contributed by atoms with Gasteiger partial charge in [0.05, 0.1) is 5.60 Å². The summed E-state index contributed by atoms with van der Waals surface area (Å²) >= 11 is 0. The zero-order valence-electron chi connectivity index (χ0n) is 13.8. The van der Waals surface area contributed by atoms with E-state index in [9.17, 15) is 0 Å². The number of hydrogen-bond donors (Lipinski definition) is 1. The smallest absolute Gasteiger partial charge is 0.0644 e. The summed E-state index contributed by atoms with van der Waals surface area (Å²) in [5.41, 5.74) is 6.29. The van der Waals surface area contributed by atoms with Gasteiger partial charge in [0.2, 0.25) is 0 Å². The van der Waals surface area contributed by atoms with E-state index in [0.29, 0.717) is 6.04 Å². The van der Waals surface area contributed by atoms with Crippen molar-refractivity contribution in [3.8, 4) is 0 Å². The van der Waals surface area contributed by atoms with Crippen LogP contribution in [0, 0.1) is 0 Å². The van der Waals surface area contributed by atoms with E-state index < -0.39 is 0 Å². The summed E-state index contributed by atoms with van der Waals surface area (Å²) in [6.45, 7) is 11.9. The van der Waals surface area contributed by atoms with Crippen molar-refractivity contribution in [1.29, 1.82) is 0 Å². The summed E-state index contributed by atoms with van der Waals surface area (Å²) in [5, 5.41) is 0. The summed E-state index contributed by atoms with van der Waals surface area (Å²) < 4.78 is 5.90. The molecule has 1 atom stereocenters. The molecule has 4 nitrogen and oxygen atoms in total. The van der Waals surface area contributed by atoms with Gasteiger partial charge in [-0.05, 0) is 66.2 Å². The van der Waals surface area contributed by atoms with E-state index in [-0.39, 0.29) is 11.1 Å². The summed E-state index contributed by atoms with van der Waals surface area (Å²) in [7, 11) is 2.29. The van der Waals surface area contributed by atoms with Crippen LogP contribution in [0.5, 0.6) is 0 Å². The number of nitrogens with two attached hydrogens (primary N) is 1. The van der Waals surface area contributed by atoms with Gasteiger partial charge in [0, 0.05) is 24.7 Å². The van der Waals surface area contributed by atoms with Crippen LogP contribution < -0.4 is 5.73 Å². The van der Waals surface area contributed by atoms with Crippen LogP contribution in [-0.2, 0) is 4.74 Å². The van der Waals surface area contributed by atoms with Crippen LogP contribution >= 0.6 is 0 Å². The first kappa shape index (κ1) is 16.2. The highest BCUT2D eigenvalue weighted by Crippen LogP contribution is 2.37. The van der Waals surface area contributed by atoms with Gasteiger partial charge >= 0.3 is 0 Å². The van der Waals surface area contributed by atoms with E-state index in [2.05, 4.69) is 37.6 Å². The molecule has 0 aromatic heterocycles. The molecule has 2 N–H and O–H groups in total. The molecule has 118 valence electrons. The molecule has 0 aromatic rings. The van der Waals surface area contributed by atoms with Gasteiger partial charge in [0.1, 0.15) is 0 Å². The maximum atomic E-state index is 6.21. The molecule has 2 aliphatic heterocycles. The molecule has 0 radical (unpaired) electrons. The van der Waals surface area contributed by atoms with E-state index in [4.69, 9.17) is 10.5 Å². The van der Waals surface area contributed by atoms with E-state index in [1.165, 1.54) is 32.5 Å². The van der Waals surface area contributed by atoms with Crippen molar-refractivity contribution in [3.63, 3.8) is 0 Å². The second-order valence-corrected chi connectivity index (χ2v) is 7.24. The third-order valence-corrected chi connectivity index (χ3v) is 5.50. The third-order valence-electron chi connectivity index (χ3n) is 5.50. The van der Waals surface area contributed by atoms with Crippen LogP contribution in [0.1, 0.15) is 46.5 Å². The highest BCUT2D eigenvalue weighted by Gasteiger charge is 2.45. The molecule has 0 saturated carbocycles. The Morgan fingerprint density at radius 1 is 1.30 bits per heavy atom. The largest absolute Gasteiger partial charge is 0.375 e. The van der Waals surface area contributed by atoms with Gasteiger partial charge in [-0.1, -0.05) is 6.92 Å². The number of nitrogens with zero attached hydrogens (tertiary/aromatic N) is 2. The Labute approximate surface area is 124 Å². The fourth-order valence-corrected chi connectivity index (χ4v) is 4.08. The standard InChI is InChI=1S/C16H33N3O/c1-5-19-9-6-14(7-10-19)18(4)16(13-17)8-11-20-15(2,3)12-16/h14H,5-13,17H2,1-4H3. The van der Waals surface area contributed by atoms with E-state index in [1.54, 1.807) is 0 Å². The molecule has 2 aliphatic rings. The monoisotopic (exact) mass is 283 g/mol. The Kier molecular flexibility index (Phi) is 5.11. The van der Waals surface area contributed by atoms with Gasteiger partial charge in [-0.25, -0.2) is 0 Å². The zero-order valence-corrected chi connectivity index (χ0v) is 13.8. The predicted molar refractivity (Wildman–Crippen MR) is 83.9 cm³/mol. The highest BCUT2D eigenvalue weighted by atomic mass is 16.5. The molecule has 4 heteroatoms. The first-order valence-electron chi connectivity index (χ1n) is 8.22. The minimum absolute atomic E-state index is 0.0456. The number of hydrogen-bond acceptors (Lipinski definition) is 4. The minimum Gasteiger partial charge on any atom is -0.375 e. The van der Waals surface area contributed by atoms with E-state index in [0.717, 1.165) is 26.0 Å². The lowest BCUT2D eigenvalue weighted by Crippen LogP contribution is -2.63. The van der Waals surface area contributed by atoms with E-state index >= 15 is 0 Å². The Morgan fingerprint density at radius 3 is 2.45 bits per heavy atom. The summed E-state index contributed by atoms with van der Waals surface area (Å²) in [6, 6.07) is 0.676. The molecule has 20 heavy (non-hydrogen) atoms. The average molecular weight is 283 g/mol. The fraction of sp³-hybridized carbons (Fsp3) is 1.00. The van der Waals surface area contributed by atoms with E-state index in [1.807, 2.05) is 0 Å². The van der Waals surface area contributed by atoms with Crippen molar-refractivity contribution < 1.29 is 4.74 Å². The Bertz CT molecular complexity index is 313. The lowest BCUT2D eigenvalue weighted by Gasteiger charge is -2.53. The van der Waals surface area contributed by atoms with Gasteiger partial charge in [-0.15, -0.1) is 0 Å². The molecular formula is C16H33N3O. The SMILES string of the molecule is CCN1CCC(N(C)C2(CN)CCOC(C)(C)C2)CC1. The molecule has 2 heterocycles. The Balaban J connectivity index is 2.03. The molecule has 0 bridgehead atoms. The fourth-order valence-electron chi connectivity index (χ4n) is 4.08. The molecule has 0 amide bonds. The van der Waals surface area contributed by atoms with Gasteiger partial charge in [0.25, 0.3) is 0 Å². The van der Waals surface area contributed by atoms with Crippen LogP contribution in [0.3, 0.4) is 0 Å². The summed E-state index contributed by atoms with van der Waals surface area (Å²) in [5.74, 6) is 0. The quantitative estimate of drug-likeness (QED) is 0.852. The average Bonchev–Trinajstić information content (AvgIpc) is 2.45. The lowest BCUT2D eigenvalue weighted by molar-refractivity contribution is -0.124. The van der Waals surface area contributed by atoms with Gasteiger partial charge in [-0.2, -0.15) is 0 Å².